The summed E-state index contributed by atoms with van der Waals surface area (Å²) in [6.07, 6.45) is 0. The van der Waals surface area contributed by atoms with Crippen LogP contribution in [0.25, 0.3) is 10.8 Å². The summed E-state index contributed by atoms with van der Waals surface area (Å²) >= 11 is 0. The first-order valence-corrected chi connectivity index (χ1v) is 7.68. The van der Waals surface area contributed by atoms with E-state index in [1.54, 1.807) is 19.2 Å². The Morgan fingerprint density at radius 2 is 1.83 bits per heavy atom. The van der Waals surface area contributed by atoms with E-state index >= 15 is 0 Å². The van der Waals surface area contributed by atoms with Crippen LogP contribution in [0, 0.1) is 5.82 Å². The maximum Gasteiger partial charge on any atom is 0.164 e. The lowest BCUT2D eigenvalue weighted by atomic mass is 10.1. The second-order valence-corrected chi connectivity index (χ2v) is 5.62. The van der Waals surface area contributed by atoms with Crippen LogP contribution in [-0.4, -0.2) is 12.9 Å². The second kappa shape index (κ2) is 6.71. The third-order valence-corrected chi connectivity index (χ3v) is 3.96. The van der Waals surface area contributed by atoms with Crippen molar-refractivity contribution < 1.29 is 13.9 Å². The lowest BCUT2D eigenvalue weighted by molar-refractivity contribution is 0.101. The SMILES string of the molecule is COc1ccc2cc(CNc3cccc(F)c3C(C)=O)ccc2c1. The van der Waals surface area contributed by atoms with Crippen molar-refractivity contribution in [2.24, 2.45) is 0 Å². The molecule has 0 fully saturated rings. The molecule has 122 valence electrons. The van der Waals surface area contributed by atoms with Crippen molar-refractivity contribution in [3.63, 3.8) is 0 Å². The molecule has 24 heavy (non-hydrogen) atoms. The molecule has 0 spiro atoms. The van der Waals surface area contributed by atoms with E-state index in [4.69, 9.17) is 4.74 Å². The van der Waals surface area contributed by atoms with Gasteiger partial charge < -0.3 is 10.1 Å². The molecule has 1 N–H and O–H groups in total. The Labute approximate surface area is 140 Å². The van der Waals surface area contributed by atoms with Gasteiger partial charge in [-0.1, -0.05) is 24.3 Å². The molecule has 0 aliphatic heterocycles. The molecular formula is C20H18FNO2. The van der Waals surface area contributed by atoms with Crippen LogP contribution in [0.4, 0.5) is 10.1 Å². The number of hydrogen-bond acceptors (Lipinski definition) is 3. The van der Waals surface area contributed by atoms with Gasteiger partial charge in [0, 0.05) is 12.2 Å². The number of Topliss-reactive ketones (excluding diaryl/α,β-unsaturated/α-hetero) is 1. The van der Waals surface area contributed by atoms with E-state index in [1.165, 1.54) is 13.0 Å². The minimum absolute atomic E-state index is 0.100. The Balaban J connectivity index is 1.84. The van der Waals surface area contributed by atoms with Crippen LogP contribution in [0.3, 0.4) is 0 Å². The molecule has 0 bridgehead atoms. The molecular weight excluding hydrogens is 305 g/mol. The summed E-state index contributed by atoms with van der Waals surface area (Å²) in [6.45, 7) is 1.87. The fraction of sp³-hybridized carbons (Fsp3) is 0.150. The zero-order valence-corrected chi connectivity index (χ0v) is 13.6. The van der Waals surface area contributed by atoms with Crippen molar-refractivity contribution in [2.75, 3.05) is 12.4 Å². The lowest BCUT2D eigenvalue weighted by Crippen LogP contribution is -2.07. The summed E-state index contributed by atoms with van der Waals surface area (Å²) in [5, 5.41) is 5.34. The first kappa shape index (κ1) is 16.0. The molecule has 0 aromatic heterocycles. The molecule has 0 heterocycles. The largest absolute Gasteiger partial charge is 0.497 e. The molecule has 3 nitrogen and oxygen atoms in total. The van der Waals surface area contributed by atoms with E-state index in [2.05, 4.69) is 11.4 Å². The number of anilines is 1. The highest BCUT2D eigenvalue weighted by molar-refractivity contribution is 5.99. The summed E-state index contributed by atoms with van der Waals surface area (Å²) in [7, 11) is 1.64. The molecule has 0 unspecified atom stereocenters. The molecule has 0 radical (unpaired) electrons. The molecule has 3 aromatic carbocycles. The van der Waals surface area contributed by atoms with Gasteiger partial charge in [-0.2, -0.15) is 0 Å². The third kappa shape index (κ3) is 3.23. The number of rotatable bonds is 5. The van der Waals surface area contributed by atoms with Gasteiger partial charge in [0.2, 0.25) is 0 Å². The summed E-state index contributed by atoms with van der Waals surface area (Å²) in [4.78, 5) is 11.6. The first-order valence-electron chi connectivity index (χ1n) is 7.68. The predicted octanol–water partition coefficient (Wildman–Crippen LogP) is 4.80. The van der Waals surface area contributed by atoms with E-state index in [9.17, 15) is 9.18 Å². The van der Waals surface area contributed by atoms with E-state index in [-0.39, 0.29) is 11.3 Å². The summed E-state index contributed by atoms with van der Waals surface area (Å²) < 4.78 is 19.1. The maximum atomic E-state index is 13.8. The molecule has 4 heteroatoms. The molecule has 3 aromatic rings. The Kier molecular flexibility index (Phi) is 4.47. The second-order valence-electron chi connectivity index (χ2n) is 5.62. The van der Waals surface area contributed by atoms with Gasteiger partial charge in [0.05, 0.1) is 12.7 Å². The molecule has 0 saturated heterocycles. The van der Waals surface area contributed by atoms with Crippen molar-refractivity contribution in [1.29, 1.82) is 0 Å². The van der Waals surface area contributed by atoms with Crippen LogP contribution in [-0.2, 0) is 6.54 Å². The van der Waals surface area contributed by atoms with Gasteiger partial charge in [0.25, 0.3) is 0 Å². The predicted molar refractivity (Wildman–Crippen MR) is 94.2 cm³/mol. The number of hydrogen-bond donors (Lipinski definition) is 1. The van der Waals surface area contributed by atoms with Gasteiger partial charge in [-0.15, -0.1) is 0 Å². The number of carbonyl (C=O) groups is 1. The molecule has 3 rings (SSSR count). The van der Waals surface area contributed by atoms with Gasteiger partial charge in [-0.3, -0.25) is 4.79 Å². The average molecular weight is 323 g/mol. The molecule has 0 aliphatic carbocycles. The van der Waals surface area contributed by atoms with Crippen LogP contribution < -0.4 is 10.1 Å². The first-order chi connectivity index (χ1) is 11.6. The smallest absolute Gasteiger partial charge is 0.164 e. The number of halogens is 1. The number of ketones is 1. The number of methoxy groups -OCH3 is 1. The quantitative estimate of drug-likeness (QED) is 0.685. The van der Waals surface area contributed by atoms with Gasteiger partial charge >= 0.3 is 0 Å². The Morgan fingerprint density at radius 3 is 2.58 bits per heavy atom. The van der Waals surface area contributed by atoms with Gasteiger partial charge in [0.15, 0.2) is 5.78 Å². The topological polar surface area (TPSA) is 38.3 Å². The van der Waals surface area contributed by atoms with Crippen LogP contribution in [0.1, 0.15) is 22.8 Å². The van der Waals surface area contributed by atoms with Gasteiger partial charge in [0.1, 0.15) is 11.6 Å². The van der Waals surface area contributed by atoms with E-state index in [0.29, 0.717) is 12.2 Å². The van der Waals surface area contributed by atoms with E-state index in [1.807, 2.05) is 30.3 Å². The molecule has 0 saturated carbocycles. The third-order valence-electron chi connectivity index (χ3n) is 3.96. The van der Waals surface area contributed by atoms with Crippen LogP contribution >= 0.6 is 0 Å². The van der Waals surface area contributed by atoms with Crippen molar-refractivity contribution in [3.8, 4) is 5.75 Å². The number of nitrogens with one attached hydrogen (secondary N) is 1. The maximum absolute atomic E-state index is 13.8. The zero-order chi connectivity index (χ0) is 17.1. The lowest BCUT2D eigenvalue weighted by Gasteiger charge is -2.12. The normalized spacial score (nSPS) is 10.6. The molecule has 0 amide bonds. The Morgan fingerprint density at radius 1 is 1.08 bits per heavy atom. The minimum atomic E-state index is -0.502. The average Bonchev–Trinajstić information content (AvgIpc) is 2.59. The highest BCUT2D eigenvalue weighted by Crippen LogP contribution is 2.24. The van der Waals surface area contributed by atoms with Gasteiger partial charge in [-0.25, -0.2) is 4.39 Å². The van der Waals surface area contributed by atoms with Crippen molar-refractivity contribution in [1.82, 2.24) is 0 Å². The molecule has 0 aliphatic rings. The number of ether oxygens (including phenoxy) is 1. The van der Waals surface area contributed by atoms with Crippen LogP contribution in [0.15, 0.2) is 54.6 Å². The van der Waals surface area contributed by atoms with E-state index < -0.39 is 5.82 Å². The highest BCUT2D eigenvalue weighted by Gasteiger charge is 2.12. The van der Waals surface area contributed by atoms with Crippen molar-refractivity contribution >= 4 is 22.2 Å². The Hall–Kier alpha value is -2.88. The fourth-order valence-corrected chi connectivity index (χ4v) is 2.74. The van der Waals surface area contributed by atoms with Crippen LogP contribution in [0.5, 0.6) is 5.75 Å². The van der Waals surface area contributed by atoms with Crippen molar-refractivity contribution in [3.05, 3.63) is 71.5 Å². The monoisotopic (exact) mass is 323 g/mol. The fourth-order valence-electron chi connectivity index (χ4n) is 2.74. The number of fused-ring (bicyclic) bond motifs is 1. The minimum Gasteiger partial charge on any atom is -0.497 e. The Bertz CT molecular complexity index is 905. The molecule has 0 atom stereocenters. The summed E-state index contributed by atoms with van der Waals surface area (Å²) in [6, 6.07) is 16.6. The van der Waals surface area contributed by atoms with Crippen molar-refractivity contribution in [2.45, 2.75) is 13.5 Å². The highest BCUT2D eigenvalue weighted by atomic mass is 19.1. The summed E-state index contributed by atoms with van der Waals surface area (Å²) in [5.74, 6) is 0.0264. The summed E-state index contributed by atoms with van der Waals surface area (Å²) in [5.41, 5.74) is 1.66. The van der Waals surface area contributed by atoms with Gasteiger partial charge in [-0.05, 0) is 53.6 Å². The van der Waals surface area contributed by atoms with E-state index in [0.717, 1.165) is 22.1 Å². The standard InChI is InChI=1S/C20H18FNO2/c1-13(23)20-18(21)4-3-5-19(20)22-12-14-6-7-16-11-17(24-2)9-8-15(16)10-14/h3-11,22H,12H2,1-2H3. The zero-order valence-electron chi connectivity index (χ0n) is 13.6. The number of carbonyl (C=O) groups excluding carboxylic acids is 1. The number of benzene rings is 3. The van der Waals surface area contributed by atoms with Crippen LogP contribution in [0.2, 0.25) is 0 Å².